The van der Waals surface area contributed by atoms with E-state index in [0.29, 0.717) is 12.5 Å². The van der Waals surface area contributed by atoms with E-state index in [2.05, 4.69) is 21.8 Å². The molecule has 2 N–H and O–H groups in total. The largest absolute Gasteiger partial charge is 0.378 e. The van der Waals surface area contributed by atoms with Crippen molar-refractivity contribution >= 4 is 17.3 Å². The van der Waals surface area contributed by atoms with Gasteiger partial charge in [-0.15, -0.1) is 11.3 Å². The molecule has 0 radical (unpaired) electrons. The number of morpholine rings is 1. The third kappa shape index (κ3) is 3.17. The van der Waals surface area contributed by atoms with E-state index in [9.17, 15) is 0 Å². The molecule has 0 spiro atoms. The van der Waals surface area contributed by atoms with Crippen molar-refractivity contribution in [2.75, 3.05) is 26.3 Å². The zero-order valence-corrected chi connectivity index (χ0v) is 11.1. The second kappa shape index (κ2) is 5.46. The fraction of sp³-hybridized carbons (Fsp3) is 0.636. The summed E-state index contributed by atoms with van der Waals surface area (Å²) >= 11 is 1.70. The minimum absolute atomic E-state index is 0.569. The van der Waals surface area contributed by atoms with Crippen molar-refractivity contribution in [3.8, 4) is 0 Å². The van der Waals surface area contributed by atoms with Crippen LogP contribution in [0.1, 0.15) is 15.6 Å². The first-order valence-electron chi connectivity index (χ1n) is 5.72. The van der Waals surface area contributed by atoms with Crippen molar-refractivity contribution in [1.29, 1.82) is 0 Å². The number of hydrogen-bond donors (Lipinski definition) is 1. The monoisotopic (exact) mass is 254 g/mol. The molecule has 0 aliphatic carbocycles. The molecule has 1 aromatic heterocycles. The normalized spacial score (nSPS) is 17.5. The van der Waals surface area contributed by atoms with Crippen LogP contribution in [0.3, 0.4) is 0 Å². The number of guanidine groups is 1. The Balaban J connectivity index is 1.97. The summed E-state index contributed by atoms with van der Waals surface area (Å²) in [6.45, 7) is 7.75. The summed E-state index contributed by atoms with van der Waals surface area (Å²) in [6.07, 6.45) is 0. The number of hydrogen-bond acceptors (Lipinski definition) is 4. The highest BCUT2D eigenvalue weighted by atomic mass is 32.1. The number of aliphatic imine (C=N–C) groups is 1. The van der Waals surface area contributed by atoms with Crippen LogP contribution in [0.5, 0.6) is 0 Å². The number of nitrogens with zero attached hydrogens (tertiary/aromatic N) is 3. The predicted molar refractivity (Wildman–Crippen MR) is 69.3 cm³/mol. The lowest BCUT2D eigenvalue weighted by Crippen LogP contribution is -2.44. The summed E-state index contributed by atoms with van der Waals surface area (Å²) in [5.41, 5.74) is 6.98. The lowest BCUT2D eigenvalue weighted by Gasteiger charge is -2.27. The van der Waals surface area contributed by atoms with Gasteiger partial charge in [0.1, 0.15) is 0 Å². The highest BCUT2D eigenvalue weighted by Crippen LogP contribution is 2.17. The molecule has 94 valence electrons. The van der Waals surface area contributed by atoms with Crippen molar-refractivity contribution in [2.24, 2.45) is 10.7 Å². The minimum Gasteiger partial charge on any atom is -0.378 e. The van der Waals surface area contributed by atoms with E-state index >= 15 is 0 Å². The first kappa shape index (κ1) is 12.3. The van der Waals surface area contributed by atoms with E-state index < -0.39 is 0 Å². The molecule has 17 heavy (non-hydrogen) atoms. The molecule has 2 rings (SSSR count). The molecule has 0 saturated carbocycles. The average molecular weight is 254 g/mol. The Morgan fingerprint density at radius 2 is 2.18 bits per heavy atom. The molecule has 0 bridgehead atoms. The van der Waals surface area contributed by atoms with E-state index in [0.717, 1.165) is 37.0 Å². The van der Waals surface area contributed by atoms with Gasteiger partial charge < -0.3 is 15.4 Å². The van der Waals surface area contributed by atoms with Crippen LogP contribution in [0.2, 0.25) is 0 Å². The maximum Gasteiger partial charge on any atom is 0.191 e. The Morgan fingerprint density at radius 3 is 2.76 bits per heavy atom. The Morgan fingerprint density at radius 1 is 1.47 bits per heavy atom. The Labute approximate surface area is 105 Å². The van der Waals surface area contributed by atoms with Gasteiger partial charge in [-0.25, -0.2) is 9.98 Å². The van der Waals surface area contributed by atoms with Gasteiger partial charge in [0.15, 0.2) is 5.96 Å². The van der Waals surface area contributed by atoms with Crippen LogP contribution in [-0.4, -0.2) is 42.1 Å². The van der Waals surface area contributed by atoms with Crippen LogP contribution in [-0.2, 0) is 11.3 Å². The SMILES string of the molecule is Cc1nc(CN=C(N)N2CCOCC2)c(C)s1. The van der Waals surface area contributed by atoms with Crippen LogP contribution in [0.4, 0.5) is 0 Å². The van der Waals surface area contributed by atoms with Gasteiger partial charge in [0.25, 0.3) is 0 Å². The highest BCUT2D eigenvalue weighted by molar-refractivity contribution is 7.11. The lowest BCUT2D eigenvalue weighted by molar-refractivity contribution is 0.0674. The number of thiazole rings is 1. The molecule has 1 saturated heterocycles. The molecule has 1 aliphatic heterocycles. The predicted octanol–water partition coefficient (Wildman–Crippen LogP) is 0.907. The van der Waals surface area contributed by atoms with Gasteiger partial charge in [-0.3, -0.25) is 0 Å². The van der Waals surface area contributed by atoms with Crippen LogP contribution >= 0.6 is 11.3 Å². The topological polar surface area (TPSA) is 63.7 Å². The Bertz CT molecular complexity index is 410. The van der Waals surface area contributed by atoms with Gasteiger partial charge in [-0.2, -0.15) is 0 Å². The molecule has 0 amide bonds. The van der Waals surface area contributed by atoms with E-state index in [1.165, 1.54) is 4.88 Å². The molecule has 2 heterocycles. The second-order valence-electron chi connectivity index (χ2n) is 4.01. The molecule has 1 aromatic rings. The summed E-state index contributed by atoms with van der Waals surface area (Å²) in [5.74, 6) is 0.596. The number of nitrogens with two attached hydrogens (primary N) is 1. The molecule has 1 fully saturated rings. The summed E-state index contributed by atoms with van der Waals surface area (Å²) in [4.78, 5) is 12.1. The van der Waals surface area contributed by atoms with Gasteiger partial charge >= 0.3 is 0 Å². The first-order chi connectivity index (χ1) is 8.16. The van der Waals surface area contributed by atoms with Crippen LogP contribution in [0.15, 0.2) is 4.99 Å². The third-order valence-electron chi connectivity index (χ3n) is 2.73. The summed E-state index contributed by atoms with van der Waals surface area (Å²) in [7, 11) is 0. The molecule has 5 nitrogen and oxygen atoms in total. The fourth-order valence-corrected chi connectivity index (χ4v) is 2.59. The number of rotatable bonds is 2. The molecular weight excluding hydrogens is 236 g/mol. The van der Waals surface area contributed by atoms with Crippen molar-refractivity contribution in [2.45, 2.75) is 20.4 Å². The number of aromatic nitrogens is 1. The zero-order chi connectivity index (χ0) is 12.3. The van der Waals surface area contributed by atoms with Gasteiger partial charge in [0.2, 0.25) is 0 Å². The third-order valence-corrected chi connectivity index (χ3v) is 3.65. The van der Waals surface area contributed by atoms with E-state index in [1.54, 1.807) is 11.3 Å². The van der Waals surface area contributed by atoms with E-state index in [-0.39, 0.29) is 0 Å². The summed E-state index contributed by atoms with van der Waals surface area (Å²) in [6, 6.07) is 0. The lowest BCUT2D eigenvalue weighted by atomic mass is 10.4. The van der Waals surface area contributed by atoms with Gasteiger partial charge in [0, 0.05) is 18.0 Å². The smallest absolute Gasteiger partial charge is 0.191 e. The molecule has 0 atom stereocenters. The zero-order valence-electron chi connectivity index (χ0n) is 10.3. The van der Waals surface area contributed by atoms with Gasteiger partial charge in [-0.05, 0) is 13.8 Å². The quantitative estimate of drug-likeness (QED) is 0.629. The Kier molecular flexibility index (Phi) is 3.96. The van der Waals surface area contributed by atoms with E-state index in [4.69, 9.17) is 10.5 Å². The van der Waals surface area contributed by atoms with Crippen molar-refractivity contribution in [3.63, 3.8) is 0 Å². The van der Waals surface area contributed by atoms with Crippen molar-refractivity contribution < 1.29 is 4.74 Å². The molecule has 0 aromatic carbocycles. The molecule has 0 unspecified atom stereocenters. The average Bonchev–Trinajstić information content (AvgIpc) is 2.66. The first-order valence-corrected chi connectivity index (χ1v) is 6.54. The highest BCUT2D eigenvalue weighted by Gasteiger charge is 2.12. The maximum atomic E-state index is 5.95. The van der Waals surface area contributed by atoms with Gasteiger partial charge in [-0.1, -0.05) is 0 Å². The standard InChI is InChI=1S/C11H18N4OS/c1-8-10(14-9(2)17-8)7-13-11(12)15-3-5-16-6-4-15/h3-7H2,1-2H3,(H2,12,13). The number of aryl methyl sites for hydroxylation is 2. The van der Waals surface area contributed by atoms with E-state index in [1.807, 2.05) is 6.92 Å². The fourth-order valence-electron chi connectivity index (χ4n) is 1.77. The van der Waals surface area contributed by atoms with Crippen LogP contribution < -0.4 is 5.73 Å². The number of ether oxygens (including phenoxy) is 1. The summed E-state index contributed by atoms with van der Waals surface area (Å²) < 4.78 is 5.27. The van der Waals surface area contributed by atoms with Crippen molar-refractivity contribution in [1.82, 2.24) is 9.88 Å². The maximum absolute atomic E-state index is 5.95. The van der Waals surface area contributed by atoms with Crippen molar-refractivity contribution in [3.05, 3.63) is 15.6 Å². The Hall–Kier alpha value is -1.14. The molecular formula is C11H18N4OS. The molecule has 6 heteroatoms. The van der Waals surface area contributed by atoms with Crippen LogP contribution in [0, 0.1) is 13.8 Å². The summed E-state index contributed by atoms with van der Waals surface area (Å²) in [5, 5.41) is 1.08. The van der Waals surface area contributed by atoms with Crippen LogP contribution in [0.25, 0.3) is 0 Å². The second-order valence-corrected chi connectivity index (χ2v) is 5.42. The minimum atomic E-state index is 0.569. The molecule has 1 aliphatic rings. The van der Waals surface area contributed by atoms with Gasteiger partial charge in [0.05, 0.1) is 30.5 Å².